The maximum Gasteiger partial charge on any atom is 0.272 e. The molecule has 192 valence electrons. The molecule has 1 aliphatic rings. The smallest absolute Gasteiger partial charge is 0.272 e. The van der Waals surface area contributed by atoms with Gasteiger partial charge in [0.2, 0.25) is 5.91 Å². The number of amides is 2. The molecule has 0 bridgehead atoms. The highest BCUT2D eigenvalue weighted by atomic mass is 35.5. The van der Waals surface area contributed by atoms with E-state index in [0.717, 1.165) is 0 Å². The highest BCUT2D eigenvalue weighted by Gasteiger charge is 2.80. The Hall–Kier alpha value is -2.55. The molecule has 7 nitrogen and oxygen atoms in total. The number of primary amides is 1. The first-order valence-electron chi connectivity index (χ1n) is 10.7. The van der Waals surface area contributed by atoms with Crippen LogP contribution in [0.25, 0.3) is 0 Å². The standard InChI is InChI=1S/C25H18Cl5N3O4/c1-11-6-20(33(36)37)12(2)5-19(11)32-22(34)17-9-14(3-4-18(17)28)24(23(31)35)21(25(24,29)30)13-7-15(26)10-16(27)8-13/h3-10,21H,1-2H3,(H2,31,35)(H,32,34). The zero-order valence-corrected chi connectivity index (χ0v) is 23.0. The number of rotatable bonds is 6. The van der Waals surface area contributed by atoms with E-state index in [4.69, 9.17) is 63.7 Å². The number of anilines is 1. The Kier molecular flexibility index (Phi) is 7.16. The number of nitro groups is 1. The lowest BCUT2D eigenvalue weighted by atomic mass is 9.88. The number of alkyl halides is 2. The number of nitrogens with one attached hydrogen (secondary N) is 1. The Morgan fingerprint density at radius 1 is 0.973 bits per heavy atom. The number of halogens is 5. The van der Waals surface area contributed by atoms with E-state index < -0.39 is 32.4 Å². The molecule has 0 radical (unpaired) electrons. The van der Waals surface area contributed by atoms with Crippen molar-refractivity contribution in [2.24, 2.45) is 5.73 Å². The third-order valence-corrected chi connectivity index (χ3v) is 8.30. The van der Waals surface area contributed by atoms with Crippen LogP contribution in [-0.4, -0.2) is 21.1 Å². The fourth-order valence-corrected chi connectivity index (χ4v) is 6.52. The van der Waals surface area contributed by atoms with Gasteiger partial charge in [0.05, 0.1) is 15.5 Å². The molecule has 0 saturated heterocycles. The summed E-state index contributed by atoms with van der Waals surface area (Å²) >= 11 is 32.0. The van der Waals surface area contributed by atoms with E-state index in [1.165, 1.54) is 36.4 Å². The lowest BCUT2D eigenvalue weighted by Crippen LogP contribution is -2.34. The number of carbonyl (C=O) groups excluding carboxylic acids is 2. The van der Waals surface area contributed by atoms with Crippen molar-refractivity contribution in [3.05, 3.63) is 102 Å². The fraction of sp³-hybridized carbons (Fsp3) is 0.200. The van der Waals surface area contributed by atoms with Crippen LogP contribution in [0.15, 0.2) is 48.5 Å². The highest BCUT2D eigenvalue weighted by Crippen LogP contribution is 2.74. The van der Waals surface area contributed by atoms with Gasteiger partial charge in [-0.3, -0.25) is 19.7 Å². The molecular formula is C25H18Cl5N3O4. The Labute approximate surface area is 236 Å². The maximum absolute atomic E-state index is 13.2. The van der Waals surface area contributed by atoms with Crippen molar-refractivity contribution in [3.8, 4) is 0 Å². The van der Waals surface area contributed by atoms with Crippen molar-refractivity contribution >= 4 is 81.2 Å². The van der Waals surface area contributed by atoms with E-state index in [2.05, 4.69) is 5.32 Å². The zero-order valence-electron chi connectivity index (χ0n) is 19.2. The normalized spacial score (nSPS) is 19.8. The van der Waals surface area contributed by atoms with Gasteiger partial charge < -0.3 is 11.1 Å². The first kappa shape index (κ1) is 27.5. The fourth-order valence-electron chi connectivity index (χ4n) is 4.68. The molecule has 12 heteroatoms. The van der Waals surface area contributed by atoms with Crippen LogP contribution < -0.4 is 11.1 Å². The summed E-state index contributed by atoms with van der Waals surface area (Å²) in [5.74, 6) is -2.23. The summed E-state index contributed by atoms with van der Waals surface area (Å²) < 4.78 is -1.67. The second kappa shape index (κ2) is 9.64. The van der Waals surface area contributed by atoms with Crippen LogP contribution in [0.1, 0.15) is 38.5 Å². The maximum atomic E-state index is 13.2. The Morgan fingerprint density at radius 2 is 1.59 bits per heavy atom. The summed E-state index contributed by atoms with van der Waals surface area (Å²) in [4.78, 5) is 36.8. The van der Waals surface area contributed by atoms with Gasteiger partial charge in [-0.2, -0.15) is 0 Å². The minimum absolute atomic E-state index is 0.0223. The number of hydrogen-bond acceptors (Lipinski definition) is 4. The van der Waals surface area contributed by atoms with E-state index in [1.54, 1.807) is 26.0 Å². The topological polar surface area (TPSA) is 115 Å². The van der Waals surface area contributed by atoms with Crippen LogP contribution in [0.3, 0.4) is 0 Å². The number of benzene rings is 3. The number of nitrogens with zero attached hydrogens (tertiary/aromatic N) is 1. The summed E-state index contributed by atoms with van der Waals surface area (Å²) in [7, 11) is 0. The van der Waals surface area contributed by atoms with Gasteiger partial charge >= 0.3 is 0 Å². The second-order valence-corrected chi connectivity index (χ2v) is 11.5. The second-order valence-electron chi connectivity index (χ2n) is 8.79. The van der Waals surface area contributed by atoms with Crippen LogP contribution in [0.2, 0.25) is 15.1 Å². The molecule has 1 saturated carbocycles. The van der Waals surface area contributed by atoms with Crippen molar-refractivity contribution < 1.29 is 14.5 Å². The Balaban J connectivity index is 1.76. The predicted molar refractivity (Wildman–Crippen MR) is 146 cm³/mol. The van der Waals surface area contributed by atoms with Crippen LogP contribution in [-0.2, 0) is 10.2 Å². The largest absolute Gasteiger partial charge is 0.369 e. The van der Waals surface area contributed by atoms with E-state index in [1.807, 2.05) is 0 Å². The van der Waals surface area contributed by atoms with Crippen molar-refractivity contribution in [2.45, 2.75) is 29.5 Å². The molecule has 0 spiro atoms. The van der Waals surface area contributed by atoms with E-state index in [0.29, 0.717) is 32.4 Å². The van der Waals surface area contributed by atoms with Crippen LogP contribution >= 0.6 is 58.0 Å². The number of hydrogen-bond donors (Lipinski definition) is 2. The molecule has 0 aromatic heterocycles. The average molecular weight is 602 g/mol. The van der Waals surface area contributed by atoms with Gasteiger partial charge in [-0.15, -0.1) is 0 Å². The number of aryl methyl sites for hydroxylation is 2. The van der Waals surface area contributed by atoms with E-state index in [-0.39, 0.29) is 21.8 Å². The average Bonchev–Trinajstić information content (AvgIpc) is 3.32. The van der Waals surface area contributed by atoms with Crippen molar-refractivity contribution in [1.29, 1.82) is 0 Å². The lowest BCUT2D eigenvalue weighted by Gasteiger charge is -2.18. The molecule has 1 aliphatic carbocycles. The molecular weight excluding hydrogens is 584 g/mol. The Bertz CT molecular complexity index is 1470. The van der Waals surface area contributed by atoms with Gasteiger partial charge in [0.25, 0.3) is 11.6 Å². The number of nitrogens with two attached hydrogens (primary N) is 1. The van der Waals surface area contributed by atoms with Crippen LogP contribution in [0.5, 0.6) is 0 Å². The van der Waals surface area contributed by atoms with Crippen LogP contribution in [0, 0.1) is 24.0 Å². The minimum Gasteiger partial charge on any atom is -0.369 e. The van der Waals surface area contributed by atoms with Gasteiger partial charge in [-0.25, -0.2) is 0 Å². The van der Waals surface area contributed by atoms with Gasteiger partial charge in [-0.05, 0) is 66.9 Å². The Morgan fingerprint density at radius 3 is 2.16 bits per heavy atom. The molecule has 3 aromatic carbocycles. The molecule has 2 amide bonds. The first-order chi connectivity index (χ1) is 17.2. The van der Waals surface area contributed by atoms with Crippen LogP contribution in [0.4, 0.5) is 11.4 Å². The summed E-state index contributed by atoms with van der Waals surface area (Å²) in [5.41, 5.74) is 6.17. The molecule has 2 unspecified atom stereocenters. The molecule has 0 heterocycles. The monoisotopic (exact) mass is 599 g/mol. The number of carbonyl (C=O) groups is 2. The van der Waals surface area contributed by atoms with E-state index in [9.17, 15) is 19.7 Å². The third-order valence-electron chi connectivity index (χ3n) is 6.50. The molecule has 37 heavy (non-hydrogen) atoms. The summed E-state index contributed by atoms with van der Waals surface area (Å²) in [6.07, 6.45) is 0. The molecule has 0 aliphatic heterocycles. The van der Waals surface area contributed by atoms with Gasteiger partial charge in [0, 0.05) is 33.3 Å². The first-order valence-corrected chi connectivity index (χ1v) is 12.6. The van der Waals surface area contributed by atoms with Crippen molar-refractivity contribution in [3.63, 3.8) is 0 Å². The SMILES string of the molecule is Cc1cc([N+](=O)[O-])c(C)cc1NC(=O)c1cc(C2(C(N)=O)C(c3cc(Cl)cc(Cl)c3)C2(Cl)Cl)ccc1Cl. The molecule has 4 rings (SSSR count). The quantitative estimate of drug-likeness (QED) is 0.178. The highest BCUT2D eigenvalue weighted by molar-refractivity contribution is 6.55. The number of nitro benzene ring substituents is 1. The molecule has 2 atom stereocenters. The molecule has 3 aromatic rings. The summed E-state index contributed by atoms with van der Waals surface area (Å²) in [5, 5.41) is 14.7. The summed E-state index contributed by atoms with van der Waals surface area (Å²) in [6, 6.07) is 11.9. The van der Waals surface area contributed by atoms with E-state index >= 15 is 0 Å². The van der Waals surface area contributed by atoms with Gasteiger partial charge in [-0.1, -0.05) is 64.1 Å². The molecule has 3 N–H and O–H groups in total. The lowest BCUT2D eigenvalue weighted by molar-refractivity contribution is -0.385. The predicted octanol–water partition coefficient (Wildman–Crippen LogP) is 7.12. The van der Waals surface area contributed by atoms with Gasteiger partial charge in [0.1, 0.15) is 9.75 Å². The zero-order chi connectivity index (χ0) is 27.4. The van der Waals surface area contributed by atoms with Crippen molar-refractivity contribution in [2.75, 3.05) is 5.32 Å². The molecule has 1 fully saturated rings. The summed E-state index contributed by atoms with van der Waals surface area (Å²) in [6.45, 7) is 3.19. The third kappa shape index (κ3) is 4.53. The van der Waals surface area contributed by atoms with Crippen molar-refractivity contribution in [1.82, 2.24) is 0 Å². The minimum atomic E-state index is -1.67. The van der Waals surface area contributed by atoms with Gasteiger partial charge in [0.15, 0.2) is 0 Å².